The molecule has 57 heavy (non-hydrogen) atoms. The van der Waals surface area contributed by atoms with Crippen LogP contribution >= 0.6 is 34.0 Å². The van der Waals surface area contributed by atoms with E-state index in [1.165, 1.54) is 159 Å². The lowest BCUT2D eigenvalue weighted by atomic mass is 10.0. The summed E-state index contributed by atoms with van der Waals surface area (Å²) in [6.07, 6.45) is 31.0. The van der Waals surface area contributed by atoms with E-state index < -0.39 is 0 Å². The topological polar surface area (TPSA) is 43.0 Å². The molecular formula is C50H64N2O2S3. The number of hydrogen-bond acceptors (Lipinski definition) is 5. The van der Waals surface area contributed by atoms with Crippen LogP contribution in [0.4, 0.5) is 0 Å². The summed E-state index contributed by atoms with van der Waals surface area (Å²) in [5.74, 6) is 0. The molecule has 0 saturated carbocycles. The Balaban J connectivity index is 1.07. The average Bonchev–Trinajstić information content (AvgIpc) is 4.02. The zero-order chi connectivity index (χ0) is 39.5. The van der Waals surface area contributed by atoms with Crippen molar-refractivity contribution in [3.63, 3.8) is 0 Å². The summed E-state index contributed by atoms with van der Waals surface area (Å²) < 4.78 is 8.81. The molecule has 7 heterocycles. The normalized spacial score (nSPS) is 12.6. The molecule has 0 aliphatic heterocycles. The van der Waals surface area contributed by atoms with Gasteiger partial charge in [0, 0.05) is 31.3 Å². The van der Waals surface area contributed by atoms with Gasteiger partial charge < -0.3 is 0 Å². The number of fused-ring (bicyclic) bond motifs is 8. The molecule has 0 aliphatic rings. The Bertz CT molecular complexity index is 2520. The minimum atomic E-state index is 0.0562. The molecule has 0 N–H and O–H groups in total. The molecular weight excluding hydrogens is 757 g/mol. The van der Waals surface area contributed by atoms with Crippen LogP contribution in [0.2, 0.25) is 0 Å². The Morgan fingerprint density at radius 1 is 0.456 bits per heavy atom. The molecule has 1 aromatic carbocycles. The molecule has 0 bridgehead atoms. The van der Waals surface area contributed by atoms with E-state index in [2.05, 4.69) is 39.8 Å². The molecule has 8 rings (SSSR count). The summed E-state index contributed by atoms with van der Waals surface area (Å²) in [7, 11) is 0. The van der Waals surface area contributed by atoms with Crippen LogP contribution in [0.5, 0.6) is 0 Å². The van der Waals surface area contributed by atoms with Crippen LogP contribution in [-0.2, 0) is 25.7 Å². The van der Waals surface area contributed by atoms with Crippen molar-refractivity contribution in [2.75, 3.05) is 0 Å². The van der Waals surface area contributed by atoms with Gasteiger partial charge >= 0.3 is 0 Å². The molecule has 0 amide bonds. The highest BCUT2D eigenvalue weighted by molar-refractivity contribution is 7.28. The summed E-state index contributed by atoms with van der Waals surface area (Å²) in [6.45, 7) is 9.07. The minimum absolute atomic E-state index is 0.0562. The quantitative estimate of drug-likeness (QED) is 0.0450. The number of benzene rings is 1. The second kappa shape index (κ2) is 18.5. The third-order valence-electron chi connectivity index (χ3n) is 13.1. The first-order chi connectivity index (χ1) is 28.0. The van der Waals surface area contributed by atoms with E-state index in [0.717, 1.165) is 78.7 Å². The Kier molecular flexibility index (Phi) is 13.2. The SMILES string of the molecule is CCCCCCCCCCCCc1sc2cc3c4sc5c6c(ccc(c(=O)n3c2c1CC)c46)c(=O)n1c5cc2sc(CCCCCCCCCCCC)c(CC)c21. The standard InChI is InChI=1S/C50H64N2O2S3/c1-5-9-11-13-15-17-19-21-23-25-27-39-33(7-3)45-41(55-39)31-37-47-43-35(49(53)51(37)45)29-30-36-44(43)48(57-47)38-32-42-46(52(38)50(36)54)34(8-4)40(56-42)28-26-24-22-20-18-16-14-12-10-6-2/h29-32H,5-28H2,1-4H3. The molecule has 0 fully saturated rings. The van der Waals surface area contributed by atoms with Crippen LogP contribution in [0.25, 0.3) is 62.4 Å². The van der Waals surface area contributed by atoms with Crippen LogP contribution in [-0.4, -0.2) is 8.80 Å². The van der Waals surface area contributed by atoms with Crippen molar-refractivity contribution in [1.82, 2.24) is 8.80 Å². The van der Waals surface area contributed by atoms with Gasteiger partial charge in [-0.15, -0.1) is 34.0 Å². The monoisotopic (exact) mass is 820 g/mol. The van der Waals surface area contributed by atoms with Gasteiger partial charge in [0.15, 0.2) is 0 Å². The Morgan fingerprint density at radius 2 is 0.807 bits per heavy atom. The lowest BCUT2D eigenvalue weighted by Gasteiger charge is -2.08. The average molecular weight is 821 g/mol. The Hall–Kier alpha value is -3.00. The Morgan fingerprint density at radius 3 is 1.16 bits per heavy atom. The van der Waals surface area contributed by atoms with Crippen molar-refractivity contribution in [2.24, 2.45) is 0 Å². The van der Waals surface area contributed by atoms with Crippen LogP contribution in [0, 0.1) is 0 Å². The van der Waals surface area contributed by atoms with Crippen molar-refractivity contribution >= 4 is 96.4 Å². The van der Waals surface area contributed by atoms with Crippen LogP contribution in [0.1, 0.15) is 177 Å². The van der Waals surface area contributed by atoms with E-state index in [1.54, 1.807) is 11.3 Å². The van der Waals surface area contributed by atoms with Crippen molar-refractivity contribution < 1.29 is 0 Å². The molecule has 4 nitrogen and oxygen atoms in total. The van der Waals surface area contributed by atoms with Gasteiger partial charge in [-0.2, -0.15) is 0 Å². The maximum absolute atomic E-state index is 14.6. The van der Waals surface area contributed by atoms with Crippen molar-refractivity contribution in [3.8, 4) is 0 Å². The predicted octanol–water partition coefficient (Wildman–Crippen LogP) is 15.8. The zero-order valence-electron chi connectivity index (χ0n) is 35.2. The van der Waals surface area contributed by atoms with Gasteiger partial charge in [0.2, 0.25) is 0 Å². The second-order valence-corrected chi connectivity index (χ2v) is 20.3. The number of hydrogen-bond donors (Lipinski definition) is 0. The molecule has 7 heteroatoms. The highest BCUT2D eigenvalue weighted by Crippen LogP contribution is 2.47. The van der Waals surface area contributed by atoms with E-state index in [1.807, 2.05) is 43.6 Å². The summed E-state index contributed by atoms with van der Waals surface area (Å²) in [4.78, 5) is 32.0. The summed E-state index contributed by atoms with van der Waals surface area (Å²) in [5, 5.41) is 3.45. The van der Waals surface area contributed by atoms with E-state index in [0.29, 0.717) is 0 Å². The van der Waals surface area contributed by atoms with Crippen molar-refractivity contribution in [1.29, 1.82) is 0 Å². The van der Waals surface area contributed by atoms with Gasteiger partial charge in [-0.3, -0.25) is 18.4 Å². The molecule has 0 atom stereocenters. The molecule has 0 radical (unpaired) electrons. The lowest BCUT2D eigenvalue weighted by molar-refractivity contribution is 0.556. The predicted molar refractivity (Wildman–Crippen MR) is 254 cm³/mol. The molecule has 7 aromatic heterocycles. The number of unbranched alkanes of at least 4 members (excludes halogenated alkanes) is 18. The fraction of sp³-hybridized carbons (Fsp3) is 0.560. The van der Waals surface area contributed by atoms with E-state index in [9.17, 15) is 9.59 Å². The van der Waals surface area contributed by atoms with Crippen molar-refractivity contribution in [3.05, 3.63) is 65.9 Å². The van der Waals surface area contributed by atoms with Crippen LogP contribution in [0.3, 0.4) is 0 Å². The lowest BCUT2D eigenvalue weighted by Crippen LogP contribution is -2.15. The number of nitrogens with zero attached hydrogens (tertiary/aromatic N) is 2. The number of aryl methyl sites for hydroxylation is 4. The fourth-order valence-electron chi connectivity index (χ4n) is 10.0. The third-order valence-corrected chi connectivity index (χ3v) is 16.8. The number of rotatable bonds is 24. The van der Waals surface area contributed by atoms with E-state index in [4.69, 9.17) is 0 Å². The molecule has 0 aliphatic carbocycles. The smallest absolute Gasteiger partial charge is 0.263 e. The number of thiophene rings is 3. The van der Waals surface area contributed by atoms with Crippen LogP contribution in [0.15, 0.2) is 33.9 Å². The first kappa shape index (κ1) is 40.8. The maximum Gasteiger partial charge on any atom is 0.263 e. The highest BCUT2D eigenvalue weighted by atomic mass is 32.1. The van der Waals surface area contributed by atoms with Gasteiger partial charge in [-0.25, -0.2) is 0 Å². The summed E-state index contributed by atoms with van der Waals surface area (Å²) in [6, 6.07) is 8.48. The van der Waals surface area contributed by atoms with E-state index in [-0.39, 0.29) is 11.1 Å². The summed E-state index contributed by atoms with van der Waals surface area (Å²) >= 11 is 5.60. The molecule has 304 valence electrons. The first-order valence-corrected chi connectivity index (χ1v) is 25.5. The number of aromatic nitrogens is 2. The molecule has 0 spiro atoms. The van der Waals surface area contributed by atoms with Gasteiger partial charge in [-0.1, -0.05) is 143 Å². The Labute approximate surface area is 351 Å². The molecule has 8 aromatic rings. The van der Waals surface area contributed by atoms with Gasteiger partial charge in [0.1, 0.15) is 0 Å². The van der Waals surface area contributed by atoms with Crippen molar-refractivity contribution in [2.45, 2.75) is 182 Å². The highest BCUT2D eigenvalue weighted by Gasteiger charge is 2.27. The molecule has 0 saturated heterocycles. The maximum atomic E-state index is 14.6. The van der Waals surface area contributed by atoms with Gasteiger partial charge in [-0.05, 0) is 73.9 Å². The largest absolute Gasteiger partial charge is 0.274 e. The number of pyridine rings is 2. The fourth-order valence-corrected chi connectivity index (χ4v) is 14.1. The zero-order valence-corrected chi connectivity index (χ0v) is 37.7. The third kappa shape index (κ3) is 7.68. The van der Waals surface area contributed by atoms with Gasteiger partial charge in [0.25, 0.3) is 11.1 Å². The molecule has 0 unspecified atom stereocenters. The second-order valence-electron chi connectivity index (χ2n) is 17.0. The van der Waals surface area contributed by atoms with E-state index >= 15 is 0 Å². The van der Waals surface area contributed by atoms with Crippen LogP contribution < -0.4 is 11.1 Å². The first-order valence-electron chi connectivity index (χ1n) is 23.0. The summed E-state index contributed by atoms with van der Waals surface area (Å²) in [5.41, 5.74) is 7.09. The van der Waals surface area contributed by atoms with Gasteiger partial charge in [0.05, 0.1) is 40.9 Å². The minimum Gasteiger partial charge on any atom is -0.274 e.